The van der Waals surface area contributed by atoms with Gasteiger partial charge in [0.1, 0.15) is 0 Å². The maximum Gasteiger partial charge on any atom is 0.309 e. The zero-order valence-electron chi connectivity index (χ0n) is 14.7. The summed E-state index contributed by atoms with van der Waals surface area (Å²) >= 11 is 0. The molecule has 4 nitrogen and oxygen atoms in total. The largest absolute Gasteiger partial charge is 0.481 e. The fourth-order valence-corrected chi connectivity index (χ4v) is 5.48. The van der Waals surface area contributed by atoms with Crippen LogP contribution in [0.5, 0.6) is 0 Å². The van der Waals surface area contributed by atoms with Gasteiger partial charge in [0.25, 0.3) is 0 Å². The second-order valence-corrected chi connectivity index (χ2v) is 8.58. The summed E-state index contributed by atoms with van der Waals surface area (Å²) in [5.41, 5.74) is 0.342. The second-order valence-electron chi connectivity index (χ2n) is 8.58. The number of amides is 1. The molecule has 1 aromatic rings. The normalized spacial score (nSPS) is 36.5. The molecule has 3 saturated carbocycles. The van der Waals surface area contributed by atoms with Crippen molar-refractivity contribution in [3.8, 4) is 0 Å². The fraction of sp³-hybridized carbons (Fsp3) is 0.619. The van der Waals surface area contributed by atoms with E-state index in [0.717, 1.165) is 38.5 Å². The maximum absolute atomic E-state index is 12.9. The average molecular weight is 341 g/mol. The van der Waals surface area contributed by atoms with E-state index in [1.54, 1.807) is 0 Å². The van der Waals surface area contributed by atoms with Gasteiger partial charge in [-0.15, -0.1) is 0 Å². The van der Waals surface area contributed by atoms with Crippen LogP contribution in [0.4, 0.5) is 0 Å². The van der Waals surface area contributed by atoms with Crippen molar-refractivity contribution in [1.82, 2.24) is 5.32 Å². The Bertz CT molecular complexity index is 661. The van der Waals surface area contributed by atoms with Gasteiger partial charge in [-0.3, -0.25) is 9.59 Å². The number of hydrogen-bond donors (Lipinski definition) is 2. The first-order chi connectivity index (χ1) is 12.0. The Morgan fingerprint density at radius 1 is 1.04 bits per heavy atom. The molecule has 2 N–H and O–H groups in total. The summed E-state index contributed by atoms with van der Waals surface area (Å²) in [6, 6.07) is 10.8. The van der Waals surface area contributed by atoms with Crippen molar-refractivity contribution in [2.75, 3.05) is 0 Å². The molecule has 2 bridgehead atoms. The molecule has 0 spiro atoms. The number of aliphatic carboxylic acids is 1. The van der Waals surface area contributed by atoms with Crippen molar-refractivity contribution in [3.63, 3.8) is 0 Å². The molecule has 1 amide bonds. The van der Waals surface area contributed by atoms with E-state index in [1.165, 1.54) is 5.56 Å². The van der Waals surface area contributed by atoms with Crippen LogP contribution in [0, 0.1) is 16.7 Å². The number of carboxylic acids is 1. The molecule has 25 heavy (non-hydrogen) atoms. The van der Waals surface area contributed by atoms with Crippen LogP contribution in [-0.4, -0.2) is 23.0 Å². The summed E-state index contributed by atoms with van der Waals surface area (Å²) in [6.45, 7) is 0. The predicted molar refractivity (Wildman–Crippen MR) is 95.0 cm³/mol. The number of rotatable bonds is 5. The van der Waals surface area contributed by atoms with Gasteiger partial charge in [-0.1, -0.05) is 30.3 Å². The first-order valence-electron chi connectivity index (χ1n) is 9.60. The third-order valence-corrected chi connectivity index (χ3v) is 7.02. The van der Waals surface area contributed by atoms with Crippen LogP contribution in [0.3, 0.4) is 0 Å². The van der Waals surface area contributed by atoms with Gasteiger partial charge < -0.3 is 10.4 Å². The van der Waals surface area contributed by atoms with E-state index < -0.39 is 16.8 Å². The Morgan fingerprint density at radius 2 is 1.72 bits per heavy atom. The van der Waals surface area contributed by atoms with Gasteiger partial charge in [0, 0.05) is 6.04 Å². The zero-order valence-corrected chi connectivity index (χ0v) is 14.7. The molecule has 4 heteroatoms. The number of fused-ring (bicyclic) bond motifs is 2. The molecule has 2 atom stereocenters. The molecule has 0 heterocycles. The zero-order chi connectivity index (χ0) is 17.5. The van der Waals surface area contributed by atoms with Crippen LogP contribution in [0.15, 0.2) is 30.3 Å². The first kappa shape index (κ1) is 16.6. The Morgan fingerprint density at radius 3 is 2.36 bits per heavy atom. The van der Waals surface area contributed by atoms with E-state index in [-0.39, 0.29) is 11.9 Å². The van der Waals surface area contributed by atoms with Gasteiger partial charge in [-0.25, -0.2) is 0 Å². The number of hydrogen-bond acceptors (Lipinski definition) is 2. The van der Waals surface area contributed by atoms with Crippen LogP contribution in [-0.2, 0) is 16.0 Å². The van der Waals surface area contributed by atoms with Crippen LogP contribution in [0.25, 0.3) is 0 Å². The van der Waals surface area contributed by atoms with E-state index >= 15 is 0 Å². The molecule has 0 aliphatic heterocycles. The van der Waals surface area contributed by atoms with Gasteiger partial charge in [0.05, 0.1) is 10.8 Å². The molecule has 3 aliphatic rings. The third-order valence-electron chi connectivity index (χ3n) is 7.02. The molecule has 3 aliphatic carbocycles. The van der Waals surface area contributed by atoms with Crippen LogP contribution >= 0.6 is 0 Å². The van der Waals surface area contributed by atoms with E-state index in [0.29, 0.717) is 25.2 Å². The minimum Gasteiger partial charge on any atom is -0.481 e. The lowest BCUT2D eigenvalue weighted by Gasteiger charge is -2.27. The summed E-state index contributed by atoms with van der Waals surface area (Å²) in [5, 5.41) is 12.8. The van der Waals surface area contributed by atoms with E-state index in [4.69, 9.17) is 0 Å². The molecule has 0 radical (unpaired) electrons. The van der Waals surface area contributed by atoms with Crippen molar-refractivity contribution < 1.29 is 14.7 Å². The Labute approximate surface area is 149 Å². The molecular formula is C21H27NO3. The number of carbonyl (C=O) groups is 2. The second kappa shape index (κ2) is 6.15. The lowest BCUT2D eigenvalue weighted by molar-refractivity contribution is -0.148. The highest BCUT2D eigenvalue weighted by Gasteiger charge is 2.61. The van der Waals surface area contributed by atoms with Crippen molar-refractivity contribution in [3.05, 3.63) is 35.9 Å². The Kier molecular flexibility index (Phi) is 4.09. The van der Waals surface area contributed by atoms with E-state index in [9.17, 15) is 14.7 Å². The topological polar surface area (TPSA) is 66.4 Å². The number of nitrogens with one attached hydrogen (secondary N) is 1. The van der Waals surface area contributed by atoms with Crippen LogP contribution in [0.2, 0.25) is 0 Å². The molecule has 134 valence electrons. The summed E-state index contributed by atoms with van der Waals surface area (Å²) in [7, 11) is 0. The first-order valence-corrected chi connectivity index (χ1v) is 9.60. The smallest absolute Gasteiger partial charge is 0.309 e. The minimum absolute atomic E-state index is 0.124. The fourth-order valence-electron chi connectivity index (χ4n) is 5.48. The molecule has 0 aromatic heterocycles. The SMILES string of the molecule is O=C(O)C12CCC(C(=O)NC3CCC(Cc4ccccc4)C3)(CC1)C2. The third kappa shape index (κ3) is 2.96. The molecule has 3 fully saturated rings. The number of carbonyl (C=O) groups excluding carboxylic acids is 1. The Hall–Kier alpha value is -1.84. The van der Waals surface area contributed by atoms with Gasteiger partial charge in [-0.2, -0.15) is 0 Å². The predicted octanol–water partition coefficient (Wildman–Crippen LogP) is 3.55. The molecule has 1 aromatic carbocycles. The number of benzene rings is 1. The molecule has 4 rings (SSSR count). The van der Waals surface area contributed by atoms with Gasteiger partial charge >= 0.3 is 5.97 Å². The Balaban J connectivity index is 1.33. The van der Waals surface area contributed by atoms with Crippen molar-refractivity contribution in [2.24, 2.45) is 16.7 Å². The van der Waals surface area contributed by atoms with Crippen molar-refractivity contribution >= 4 is 11.9 Å². The van der Waals surface area contributed by atoms with Gasteiger partial charge in [-0.05, 0) is 69.3 Å². The highest BCUT2D eigenvalue weighted by Crippen LogP contribution is 2.61. The highest BCUT2D eigenvalue weighted by molar-refractivity contribution is 5.87. The monoisotopic (exact) mass is 341 g/mol. The van der Waals surface area contributed by atoms with Crippen LogP contribution in [0.1, 0.15) is 56.9 Å². The van der Waals surface area contributed by atoms with Crippen LogP contribution < -0.4 is 5.32 Å². The molecule has 2 unspecified atom stereocenters. The van der Waals surface area contributed by atoms with E-state index in [2.05, 4.69) is 29.6 Å². The number of carboxylic acid groups (broad SMARTS) is 1. The average Bonchev–Trinajstić information content (AvgIpc) is 3.31. The van der Waals surface area contributed by atoms with Crippen molar-refractivity contribution in [1.29, 1.82) is 0 Å². The summed E-state index contributed by atoms with van der Waals surface area (Å²) in [6.07, 6.45) is 7.68. The standard InChI is InChI=1S/C21H27NO3/c23-18(20-8-10-21(14-20,11-9-20)19(24)25)22-17-7-6-16(13-17)12-15-4-2-1-3-5-15/h1-5,16-17H,6-14H2,(H,22,23)(H,24,25). The summed E-state index contributed by atoms with van der Waals surface area (Å²) in [4.78, 5) is 24.5. The highest BCUT2D eigenvalue weighted by atomic mass is 16.4. The maximum atomic E-state index is 12.9. The molecular weight excluding hydrogens is 314 g/mol. The minimum atomic E-state index is -0.705. The van der Waals surface area contributed by atoms with Gasteiger partial charge in [0.2, 0.25) is 5.91 Å². The van der Waals surface area contributed by atoms with Gasteiger partial charge in [0.15, 0.2) is 0 Å². The molecule has 0 saturated heterocycles. The lowest BCUT2D eigenvalue weighted by atomic mass is 9.81. The summed E-state index contributed by atoms with van der Waals surface area (Å²) in [5.74, 6) is 0.0532. The quantitative estimate of drug-likeness (QED) is 0.861. The van der Waals surface area contributed by atoms with Crippen molar-refractivity contribution in [2.45, 2.75) is 63.8 Å². The summed E-state index contributed by atoms with van der Waals surface area (Å²) < 4.78 is 0. The van der Waals surface area contributed by atoms with E-state index in [1.807, 2.05) is 6.07 Å². The lowest BCUT2D eigenvalue weighted by Crippen LogP contribution is -2.43.